The van der Waals surface area contributed by atoms with Crippen LogP contribution >= 0.6 is 12.4 Å². The molecule has 1 aliphatic rings. The minimum absolute atomic E-state index is 0. The van der Waals surface area contributed by atoms with E-state index in [0.29, 0.717) is 0 Å². The highest BCUT2D eigenvalue weighted by Gasteiger charge is 2.22. The van der Waals surface area contributed by atoms with Gasteiger partial charge in [0.1, 0.15) is 0 Å². The molecule has 1 aromatic rings. The molecule has 3 N–H and O–H groups in total. The van der Waals surface area contributed by atoms with E-state index in [1.807, 2.05) is 13.8 Å². The molecule has 0 bridgehead atoms. The number of anilines is 1. The number of hydrogen-bond donors (Lipinski definition) is 3. The maximum absolute atomic E-state index is 12.0. The van der Waals surface area contributed by atoms with Gasteiger partial charge in [-0.15, -0.1) is 12.4 Å². The van der Waals surface area contributed by atoms with E-state index in [2.05, 4.69) is 20.8 Å². The predicted molar refractivity (Wildman–Crippen MR) is 69.5 cm³/mol. The van der Waals surface area contributed by atoms with E-state index in [-0.39, 0.29) is 24.2 Å². The minimum Gasteiger partial charge on any atom is -0.323 e. The van der Waals surface area contributed by atoms with E-state index < -0.39 is 0 Å². The monoisotopic (exact) mass is 258 g/mol. The van der Waals surface area contributed by atoms with Gasteiger partial charge in [0, 0.05) is 6.54 Å². The third kappa shape index (κ3) is 3.20. The van der Waals surface area contributed by atoms with Crippen LogP contribution in [0.2, 0.25) is 0 Å². The highest BCUT2D eigenvalue weighted by molar-refractivity contribution is 5.93. The van der Waals surface area contributed by atoms with Crippen molar-refractivity contribution in [1.82, 2.24) is 15.5 Å². The van der Waals surface area contributed by atoms with Gasteiger partial charge in [0.15, 0.2) is 0 Å². The summed E-state index contributed by atoms with van der Waals surface area (Å²) in [5, 5.41) is 13.1. The largest absolute Gasteiger partial charge is 0.323 e. The van der Waals surface area contributed by atoms with E-state index in [9.17, 15) is 4.79 Å². The quantitative estimate of drug-likeness (QED) is 0.751. The van der Waals surface area contributed by atoms with Crippen LogP contribution in [0.4, 0.5) is 5.69 Å². The van der Waals surface area contributed by atoms with Crippen molar-refractivity contribution in [3.63, 3.8) is 0 Å². The number of carbonyl (C=O) groups excluding carboxylic acids is 1. The number of aromatic nitrogens is 2. The fraction of sp³-hybridized carbons (Fsp3) is 0.636. The van der Waals surface area contributed by atoms with Crippen molar-refractivity contribution >= 4 is 24.0 Å². The molecule has 96 valence electrons. The maximum Gasteiger partial charge on any atom is 0.228 e. The predicted octanol–water partition coefficient (Wildman–Crippen LogP) is 1.39. The third-order valence-corrected chi connectivity index (χ3v) is 3.04. The Morgan fingerprint density at radius 2 is 2.24 bits per heavy atom. The normalized spacial score (nSPS) is 19.5. The van der Waals surface area contributed by atoms with Crippen LogP contribution in [-0.2, 0) is 4.79 Å². The Labute approximate surface area is 107 Å². The first kappa shape index (κ1) is 14.0. The molecule has 1 saturated heterocycles. The number of rotatable bonds is 2. The standard InChI is InChI=1S/C11H18N4O.ClH/c1-7-10(8(2)15-14-7)13-11(16)9-4-3-5-12-6-9;/h9,12H,3-6H2,1-2H3,(H,13,16)(H,14,15);1H/t9-;/m1./s1. The van der Waals surface area contributed by atoms with Gasteiger partial charge in [-0.25, -0.2) is 0 Å². The van der Waals surface area contributed by atoms with Crippen molar-refractivity contribution in [2.24, 2.45) is 5.92 Å². The van der Waals surface area contributed by atoms with Crippen LogP contribution in [0, 0.1) is 19.8 Å². The zero-order chi connectivity index (χ0) is 11.5. The molecule has 0 aliphatic carbocycles. The fourth-order valence-corrected chi connectivity index (χ4v) is 2.04. The van der Waals surface area contributed by atoms with Crippen molar-refractivity contribution in [2.75, 3.05) is 18.4 Å². The number of aromatic amines is 1. The molecule has 0 unspecified atom stereocenters. The van der Waals surface area contributed by atoms with Crippen molar-refractivity contribution in [3.8, 4) is 0 Å². The second-order valence-corrected chi connectivity index (χ2v) is 4.34. The third-order valence-electron chi connectivity index (χ3n) is 3.04. The molecule has 6 heteroatoms. The molecule has 1 fully saturated rings. The van der Waals surface area contributed by atoms with E-state index in [1.54, 1.807) is 0 Å². The summed E-state index contributed by atoms with van der Waals surface area (Å²) >= 11 is 0. The lowest BCUT2D eigenvalue weighted by Crippen LogP contribution is -2.37. The second kappa shape index (κ2) is 6.02. The Balaban J connectivity index is 0.00000144. The number of hydrogen-bond acceptors (Lipinski definition) is 3. The first-order valence-corrected chi connectivity index (χ1v) is 5.71. The Bertz CT molecular complexity index is 365. The number of carbonyl (C=O) groups is 1. The summed E-state index contributed by atoms with van der Waals surface area (Å²) in [6, 6.07) is 0. The molecular formula is C11H19ClN4O. The van der Waals surface area contributed by atoms with Gasteiger partial charge in [0.2, 0.25) is 5.91 Å². The van der Waals surface area contributed by atoms with Crippen molar-refractivity contribution in [3.05, 3.63) is 11.4 Å². The Hall–Kier alpha value is -1.07. The lowest BCUT2D eigenvalue weighted by molar-refractivity contribution is -0.120. The molecule has 5 nitrogen and oxygen atoms in total. The van der Waals surface area contributed by atoms with E-state index in [0.717, 1.165) is 43.0 Å². The van der Waals surface area contributed by atoms with Crippen molar-refractivity contribution in [1.29, 1.82) is 0 Å². The molecule has 1 aliphatic heterocycles. The molecule has 1 atom stereocenters. The summed E-state index contributed by atoms with van der Waals surface area (Å²) in [6.07, 6.45) is 2.04. The SMILES string of the molecule is Cc1n[nH]c(C)c1NC(=O)[C@@H]1CCCNC1.Cl. The first-order chi connectivity index (χ1) is 7.68. The molecule has 0 spiro atoms. The van der Waals surface area contributed by atoms with E-state index in [4.69, 9.17) is 0 Å². The number of H-pyrrole nitrogens is 1. The smallest absolute Gasteiger partial charge is 0.228 e. The minimum atomic E-state index is 0. The van der Waals surface area contributed by atoms with Crippen LogP contribution < -0.4 is 10.6 Å². The lowest BCUT2D eigenvalue weighted by atomic mass is 9.99. The summed E-state index contributed by atoms with van der Waals surface area (Å²) in [7, 11) is 0. The van der Waals surface area contributed by atoms with Gasteiger partial charge >= 0.3 is 0 Å². The van der Waals surface area contributed by atoms with Gasteiger partial charge in [-0.2, -0.15) is 5.10 Å². The molecule has 1 aromatic heterocycles. The number of nitrogens with zero attached hydrogens (tertiary/aromatic N) is 1. The average molecular weight is 259 g/mol. The summed E-state index contributed by atoms with van der Waals surface area (Å²) in [5.41, 5.74) is 2.58. The molecule has 2 rings (SSSR count). The fourth-order valence-electron chi connectivity index (χ4n) is 2.04. The molecule has 0 saturated carbocycles. The zero-order valence-electron chi connectivity index (χ0n) is 10.2. The highest BCUT2D eigenvalue weighted by atomic mass is 35.5. The van der Waals surface area contributed by atoms with E-state index in [1.165, 1.54) is 0 Å². The Morgan fingerprint density at radius 3 is 2.76 bits per heavy atom. The summed E-state index contributed by atoms with van der Waals surface area (Å²) in [6.45, 7) is 5.60. The van der Waals surface area contributed by atoms with Crippen LogP contribution in [0.1, 0.15) is 24.2 Å². The Morgan fingerprint density at radius 1 is 1.47 bits per heavy atom. The molecule has 0 aromatic carbocycles. The summed E-state index contributed by atoms with van der Waals surface area (Å²) in [4.78, 5) is 12.0. The van der Waals surface area contributed by atoms with Gasteiger partial charge in [-0.3, -0.25) is 9.89 Å². The molecule has 1 amide bonds. The van der Waals surface area contributed by atoms with Crippen LogP contribution in [-0.4, -0.2) is 29.2 Å². The van der Waals surface area contributed by atoms with Gasteiger partial charge < -0.3 is 10.6 Å². The van der Waals surface area contributed by atoms with Crippen LogP contribution in [0.5, 0.6) is 0 Å². The Kier molecular flexibility index (Phi) is 4.96. The molecule has 2 heterocycles. The van der Waals surface area contributed by atoms with Crippen LogP contribution in [0.25, 0.3) is 0 Å². The highest BCUT2D eigenvalue weighted by Crippen LogP contribution is 2.19. The average Bonchev–Trinajstić information content (AvgIpc) is 2.62. The van der Waals surface area contributed by atoms with Gasteiger partial charge in [-0.1, -0.05) is 0 Å². The molecular weight excluding hydrogens is 240 g/mol. The van der Waals surface area contributed by atoms with Gasteiger partial charge in [-0.05, 0) is 33.2 Å². The number of amides is 1. The van der Waals surface area contributed by atoms with E-state index >= 15 is 0 Å². The summed E-state index contributed by atoms with van der Waals surface area (Å²) in [5.74, 6) is 0.183. The van der Waals surface area contributed by atoms with Crippen molar-refractivity contribution in [2.45, 2.75) is 26.7 Å². The van der Waals surface area contributed by atoms with Gasteiger partial charge in [0.05, 0.1) is 23.0 Å². The number of aryl methyl sites for hydroxylation is 2. The van der Waals surface area contributed by atoms with Crippen LogP contribution in [0.15, 0.2) is 0 Å². The van der Waals surface area contributed by atoms with Crippen LogP contribution in [0.3, 0.4) is 0 Å². The number of piperidine rings is 1. The summed E-state index contributed by atoms with van der Waals surface area (Å²) < 4.78 is 0. The topological polar surface area (TPSA) is 69.8 Å². The first-order valence-electron chi connectivity index (χ1n) is 5.71. The van der Waals surface area contributed by atoms with Crippen molar-refractivity contribution < 1.29 is 4.79 Å². The molecule has 0 radical (unpaired) electrons. The number of nitrogens with one attached hydrogen (secondary N) is 3. The second-order valence-electron chi connectivity index (χ2n) is 4.34. The zero-order valence-corrected chi connectivity index (χ0v) is 11.0. The lowest BCUT2D eigenvalue weighted by Gasteiger charge is -2.21. The van der Waals surface area contributed by atoms with Gasteiger partial charge in [0.25, 0.3) is 0 Å². The number of halogens is 1. The molecule has 17 heavy (non-hydrogen) atoms. The maximum atomic E-state index is 12.0.